The smallest absolute Gasteiger partial charge is 0.307 e. The molecule has 0 spiro atoms. The highest BCUT2D eigenvalue weighted by atomic mass is 127. The first-order valence-electron chi connectivity index (χ1n) is 3.56. The van der Waals surface area contributed by atoms with Crippen molar-refractivity contribution in [3.8, 4) is 0 Å². The molecule has 0 unspecified atom stereocenters. The van der Waals surface area contributed by atoms with Gasteiger partial charge >= 0.3 is 5.97 Å². The Morgan fingerprint density at radius 1 is 1.58 bits per heavy atom. The summed E-state index contributed by atoms with van der Waals surface area (Å²) in [6, 6.07) is 5.78. The van der Waals surface area contributed by atoms with Crippen LogP contribution in [0.15, 0.2) is 18.2 Å². The molecule has 3 heteroatoms. The molecule has 0 aromatic heterocycles. The van der Waals surface area contributed by atoms with Gasteiger partial charge in [-0.3, -0.25) is 4.79 Å². The fourth-order valence-corrected chi connectivity index (χ4v) is 1.82. The Labute approximate surface area is 84.7 Å². The molecule has 0 bridgehead atoms. The Hall–Kier alpha value is -0.580. The molecule has 0 saturated heterocycles. The van der Waals surface area contributed by atoms with Crippen LogP contribution in [0.2, 0.25) is 0 Å². The van der Waals surface area contributed by atoms with Crippen LogP contribution in [0.3, 0.4) is 0 Å². The van der Waals surface area contributed by atoms with Crippen molar-refractivity contribution in [1.29, 1.82) is 0 Å². The van der Waals surface area contributed by atoms with Crippen molar-refractivity contribution in [2.45, 2.75) is 13.3 Å². The minimum atomic E-state index is -0.781. The number of benzene rings is 1. The summed E-state index contributed by atoms with van der Waals surface area (Å²) >= 11 is 2.16. The van der Waals surface area contributed by atoms with Crippen molar-refractivity contribution < 1.29 is 9.90 Å². The number of aryl methyl sites for hydroxylation is 1. The molecule has 0 heterocycles. The van der Waals surface area contributed by atoms with Gasteiger partial charge in [-0.25, -0.2) is 0 Å². The number of aliphatic carboxylic acids is 1. The lowest BCUT2D eigenvalue weighted by Gasteiger charge is -2.01. The van der Waals surface area contributed by atoms with Gasteiger partial charge in [0.05, 0.1) is 6.42 Å². The van der Waals surface area contributed by atoms with Gasteiger partial charge in [0.2, 0.25) is 0 Å². The summed E-state index contributed by atoms with van der Waals surface area (Å²) < 4.78 is 1.02. The van der Waals surface area contributed by atoms with E-state index < -0.39 is 5.97 Å². The zero-order chi connectivity index (χ0) is 9.14. The van der Waals surface area contributed by atoms with Gasteiger partial charge in [-0.05, 0) is 41.1 Å². The second-order valence-corrected chi connectivity index (χ2v) is 3.83. The first-order chi connectivity index (χ1) is 5.59. The fourth-order valence-electron chi connectivity index (χ4n) is 0.959. The second kappa shape index (κ2) is 3.89. The monoisotopic (exact) mass is 276 g/mol. The largest absolute Gasteiger partial charge is 0.481 e. The van der Waals surface area contributed by atoms with Crippen LogP contribution >= 0.6 is 22.6 Å². The molecule has 1 rings (SSSR count). The predicted molar refractivity (Wildman–Crippen MR) is 55.2 cm³/mol. The second-order valence-electron chi connectivity index (χ2n) is 2.67. The van der Waals surface area contributed by atoms with Gasteiger partial charge in [-0.1, -0.05) is 17.7 Å². The van der Waals surface area contributed by atoms with Crippen LogP contribution in [-0.2, 0) is 11.2 Å². The number of carboxylic acid groups (broad SMARTS) is 1. The molecular weight excluding hydrogens is 267 g/mol. The normalized spacial score (nSPS) is 9.83. The minimum absolute atomic E-state index is 0.110. The summed E-state index contributed by atoms with van der Waals surface area (Å²) in [5.41, 5.74) is 2.04. The van der Waals surface area contributed by atoms with E-state index in [1.165, 1.54) is 0 Å². The van der Waals surface area contributed by atoms with Crippen LogP contribution in [0.5, 0.6) is 0 Å². The van der Waals surface area contributed by atoms with Crippen LogP contribution < -0.4 is 0 Å². The first kappa shape index (κ1) is 9.51. The molecule has 0 aliphatic rings. The molecule has 0 aliphatic carbocycles. The van der Waals surface area contributed by atoms with Crippen LogP contribution in [-0.4, -0.2) is 11.1 Å². The highest BCUT2D eigenvalue weighted by molar-refractivity contribution is 14.1. The SMILES string of the molecule is Cc1ccc(CC(=O)O)c(I)c1. The van der Waals surface area contributed by atoms with E-state index in [9.17, 15) is 4.79 Å². The number of hydrogen-bond acceptors (Lipinski definition) is 1. The van der Waals surface area contributed by atoms with Gasteiger partial charge in [0, 0.05) is 3.57 Å². The molecule has 2 nitrogen and oxygen atoms in total. The van der Waals surface area contributed by atoms with Crippen molar-refractivity contribution in [1.82, 2.24) is 0 Å². The third kappa shape index (κ3) is 2.48. The number of carboxylic acids is 1. The van der Waals surface area contributed by atoms with Crippen molar-refractivity contribution in [2.24, 2.45) is 0 Å². The van der Waals surface area contributed by atoms with E-state index in [2.05, 4.69) is 22.6 Å². The summed E-state index contributed by atoms with van der Waals surface area (Å²) in [7, 11) is 0. The van der Waals surface area contributed by atoms with Crippen LogP contribution in [0.25, 0.3) is 0 Å². The molecule has 1 aromatic rings. The number of rotatable bonds is 2. The Bertz CT molecular complexity index is 307. The molecule has 0 amide bonds. The third-order valence-corrected chi connectivity index (χ3v) is 2.55. The molecule has 0 atom stereocenters. The molecule has 12 heavy (non-hydrogen) atoms. The quantitative estimate of drug-likeness (QED) is 0.841. The van der Waals surface area contributed by atoms with Gasteiger partial charge in [0.1, 0.15) is 0 Å². The lowest BCUT2D eigenvalue weighted by atomic mass is 10.1. The van der Waals surface area contributed by atoms with E-state index in [0.29, 0.717) is 0 Å². The number of carbonyl (C=O) groups is 1. The van der Waals surface area contributed by atoms with E-state index in [1.54, 1.807) is 0 Å². The molecule has 0 fully saturated rings. The molecule has 0 aliphatic heterocycles. The first-order valence-corrected chi connectivity index (χ1v) is 4.64. The molecule has 64 valence electrons. The lowest BCUT2D eigenvalue weighted by Crippen LogP contribution is -2.01. The number of hydrogen-bond donors (Lipinski definition) is 1. The Kier molecular flexibility index (Phi) is 3.08. The predicted octanol–water partition coefficient (Wildman–Crippen LogP) is 2.23. The van der Waals surface area contributed by atoms with Crippen molar-refractivity contribution in [3.05, 3.63) is 32.9 Å². The van der Waals surface area contributed by atoms with E-state index in [0.717, 1.165) is 14.7 Å². The summed E-state index contributed by atoms with van der Waals surface area (Å²) in [6.45, 7) is 1.99. The Balaban J connectivity index is 2.93. The Morgan fingerprint density at radius 2 is 2.25 bits per heavy atom. The van der Waals surface area contributed by atoms with Crippen LogP contribution in [0.1, 0.15) is 11.1 Å². The van der Waals surface area contributed by atoms with Gasteiger partial charge in [0.25, 0.3) is 0 Å². The maximum absolute atomic E-state index is 10.4. The highest BCUT2D eigenvalue weighted by Gasteiger charge is 2.03. The lowest BCUT2D eigenvalue weighted by molar-refractivity contribution is -0.136. The van der Waals surface area contributed by atoms with E-state index in [4.69, 9.17) is 5.11 Å². The molecule has 1 aromatic carbocycles. The van der Waals surface area contributed by atoms with Crippen LogP contribution in [0, 0.1) is 10.5 Å². The zero-order valence-corrected chi connectivity index (χ0v) is 8.83. The standard InChI is InChI=1S/C9H9IO2/c1-6-2-3-7(5-9(11)12)8(10)4-6/h2-4H,5H2,1H3,(H,11,12). The van der Waals surface area contributed by atoms with E-state index in [-0.39, 0.29) is 6.42 Å². The number of halogens is 1. The van der Waals surface area contributed by atoms with Gasteiger partial charge in [0.15, 0.2) is 0 Å². The van der Waals surface area contributed by atoms with Crippen molar-refractivity contribution in [3.63, 3.8) is 0 Å². The maximum Gasteiger partial charge on any atom is 0.307 e. The van der Waals surface area contributed by atoms with Gasteiger partial charge in [-0.2, -0.15) is 0 Å². The summed E-state index contributed by atoms with van der Waals surface area (Å²) in [6.07, 6.45) is 0.110. The third-order valence-electron chi connectivity index (χ3n) is 1.55. The van der Waals surface area contributed by atoms with Gasteiger partial charge < -0.3 is 5.11 Å². The molecule has 0 radical (unpaired) electrons. The van der Waals surface area contributed by atoms with Crippen LogP contribution in [0.4, 0.5) is 0 Å². The Morgan fingerprint density at radius 3 is 2.75 bits per heavy atom. The summed E-state index contributed by atoms with van der Waals surface area (Å²) in [4.78, 5) is 10.4. The van der Waals surface area contributed by atoms with Gasteiger partial charge in [-0.15, -0.1) is 0 Å². The average molecular weight is 276 g/mol. The molecule has 1 N–H and O–H groups in total. The van der Waals surface area contributed by atoms with E-state index in [1.807, 2.05) is 25.1 Å². The van der Waals surface area contributed by atoms with E-state index >= 15 is 0 Å². The average Bonchev–Trinajstić information content (AvgIpc) is 1.94. The maximum atomic E-state index is 10.4. The minimum Gasteiger partial charge on any atom is -0.481 e. The highest BCUT2D eigenvalue weighted by Crippen LogP contribution is 2.14. The fraction of sp³-hybridized carbons (Fsp3) is 0.222. The molecular formula is C9H9IO2. The summed E-state index contributed by atoms with van der Waals surface area (Å²) in [5, 5.41) is 8.56. The zero-order valence-electron chi connectivity index (χ0n) is 6.67. The summed E-state index contributed by atoms with van der Waals surface area (Å²) in [5.74, 6) is -0.781. The molecule has 0 saturated carbocycles. The van der Waals surface area contributed by atoms with Crippen molar-refractivity contribution in [2.75, 3.05) is 0 Å². The topological polar surface area (TPSA) is 37.3 Å². The van der Waals surface area contributed by atoms with Crippen molar-refractivity contribution >= 4 is 28.6 Å².